The van der Waals surface area contributed by atoms with Gasteiger partial charge < -0.3 is 25.2 Å². The van der Waals surface area contributed by atoms with Gasteiger partial charge in [-0.3, -0.25) is 9.59 Å². The summed E-state index contributed by atoms with van der Waals surface area (Å²) in [5, 5.41) is 15.2. The molecule has 1 saturated carbocycles. The van der Waals surface area contributed by atoms with Gasteiger partial charge in [0.1, 0.15) is 6.04 Å². The molecule has 1 aromatic rings. The molecule has 27 heavy (non-hydrogen) atoms. The first kappa shape index (κ1) is 19.5. The molecule has 1 aromatic carbocycles. The maximum Gasteiger partial charge on any atom is 0.245 e. The maximum atomic E-state index is 12.5. The van der Waals surface area contributed by atoms with E-state index in [9.17, 15) is 14.7 Å². The summed E-state index contributed by atoms with van der Waals surface area (Å²) in [6.45, 7) is -0.246. The summed E-state index contributed by atoms with van der Waals surface area (Å²) in [4.78, 5) is 24.8. The Kier molecular flexibility index (Phi) is 6.92. The number of amides is 2. The highest BCUT2D eigenvalue weighted by molar-refractivity contribution is 5.88. The van der Waals surface area contributed by atoms with E-state index in [1.54, 1.807) is 18.2 Å². The van der Waals surface area contributed by atoms with Crippen molar-refractivity contribution >= 4 is 11.8 Å². The average molecular weight is 376 g/mol. The molecule has 1 fully saturated rings. The van der Waals surface area contributed by atoms with Gasteiger partial charge in [-0.15, -0.1) is 0 Å². The van der Waals surface area contributed by atoms with Crippen LogP contribution in [0.2, 0.25) is 0 Å². The maximum absolute atomic E-state index is 12.5. The van der Waals surface area contributed by atoms with E-state index in [1.807, 2.05) is 0 Å². The molecule has 2 aliphatic rings. The van der Waals surface area contributed by atoms with Crippen LogP contribution in [0.25, 0.3) is 0 Å². The number of hydrogen-bond acceptors (Lipinski definition) is 5. The third kappa shape index (κ3) is 5.60. The van der Waals surface area contributed by atoms with Gasteiger partial charge in [-0.25, -0.2) is 0 Å². The quantitative estimate of drug-likeness (QED) is 0.702. The lowest BCUT2D eigenvalue weighted by Crippen LogP contribution is -2.51. The van der Waals surface area contributed by atoms with Gasteiger partial charge in [0.25, 0.3) is 0 Å². The van der Waals surface area contributed by atoms with Crippen LogP contribution in [-0.4, -0.2) is 42.4 Å². The molecular weight excluding hydrogens is 348 g/mol. The van der Waals surface area contributed by atoms with Crippen LogP contribution in [-0.2, 0) is 16.0 Å². The number of carbonyl (C=O) groups excluding carboxylic acids is 2. The van der Waals surface area contributed by atoms with Crippen LogP contribution in [0.15, 0.2) is 18.2 Å². The van der Waals surface area contributed by atoms with Gasteiger partial charge in [0, 0.05) is 6.04 Å². The van der Waals surface area contributed by atoms with Crippen molar-refractivity contribution in [3.05, 3.63) is 23.8 Å². The van der Waals surface area contributed by atoms with E-state index in [4.69, 9.17) is 9.47 Å². The van der Waals surface area contributed by atoms with E-state index in [0.717, 1.165) is 31.2 Å². The van der Waals surface area contributed by atoms with Crippen LogP contribution < -0.4 is 20.1 Å². The minimum atomic E-state index is -0.933. The van der Waals surface area contributed by atoms with E-state index in [2.05, 4.69) is 10.6 Å². The predicted octanol–water partition coefficient (Wildman–Crippen LogP) is 1.66. The summed E-state index contributed by atoms with van der Waals surface area (Å²) < 4.78 is 10.6. The van der Waals surface area contributed by atoms with E-state index in [-0.39, 0.29) is 31.1 Å². The number of aliphatic hydroxyl groups excluding tert-OH is 1. The molecule has 3 N–H and O–H groups in total. The normalized spacial score (nSPS) is 18.3. The Hall–Kier alpha value is -2.28. The van der Waals surface area contributed by atoms with Gasteiger partial charge >= 0.3 is 0 Å². The molecule has 1 aliphatic carbocycles. The molecular formula is C20H28N2O5. The van der Waals surface area contributed by atoms with Gasteiger partial charge in [0.15, 0.2) is 11.5 Å². The number of fused-ring (bicyclic) bond motifs is 1. The Labute approximate surface area is 159 Å². The number of rotatable bonds is 6. The molecule has 0 spiro atoms. The van der Waals surface area contributed by atoms with Crippen LogP contribution in [0.4, 0.5) is 0 Å². The molecule has 0 radical (unpaired) electrons. The highest BCUT2D eigenvalue weighted by Crippen LogP contribution is 2.32. The molecule has 1 aliphatic heterocycles. The van der Waals surface area contributed by atoms with E-state index in [0.29, 0.717) is 11.5 Å². The highest BCUT2D eigenvalue weighted by Gasteiger charge is 2.23. The third-order valence-corrected chi connectivity index (χ3v) is 5.09. The lowest BCUT2D eigenvalue weighted by atomic mass is 9.96. The Morgan fingerprint density at radius 2 is 1.78 bits per heavy atom. The van der Waals surface area contributed by atoms with Gasteiger partial charge in [-0.05, 0) is 30.5 Å². The lowest BCUT2D eigenvalue weighted by molar-refractivity contribution is -0.130. The monoisotopic (exact) mass is 376 g/mol. The number of hydrogen-bond donors (Lipinski definition) is 3. The molecule has 0 bridgehead atoms. The van der Waals surface area contributed by atoms with Crippen LogP contribution in [0, 0.1) is 0 Å². The Morgan fingerprint density at radius 1 is 1.07 bits per heavy atom. The van der Waals surface area contributed by atoms with Gasteiger partial charge in [-0.2, -0.15) is 0 Å². The van der Waals surface area contributed by atoms with E-state index >= 15 is 0 Å². The van der Waals surface area contributed by atoms with Gasteiger partial charge in [0.05, 0.1) is 13.0 Å². The van der Waals surface area contributed by atoms with Crippen LogP contribution in [0.5, 0.6) is 11.5 Å². The molecule has 7 nitrogen and oxygen atoms in total. The summed E-state index contributed by atoms with van der Waals surface area (Å²) >= 11 is 0. The third-order valence-electron chi connectivity index (χ3n) is 5.09. The largest absolute Gasteiger partial charge is 0.454 e. The zero-order valence-corrected chi connectivity index (χ0v) is 15.5. The number of benzene rings is 1. The molecule has 2 amide bonds. The molecule has 1 heterocycles. The van der Waals surface area contributed by atoms with Crippen molar-refractivity contribution in [3.8, 4) is 11.5 Å². The Morgan fingerprint density at radius 3 is 2.52 bits per heavy atom. The van der Waals surface area contributed by atoms with Crippen molar-refractivity contribution in [2.75, 3.05) is 13.4 Å². The second-order valence-corrected chi connectivity index (χ2v) is 7.22. The SMILES string of the molecule is O=C(Cc1ccc2c(c1)OCO2)NC(CO)C(=O)NC1CCCCCCC1. The zero-order chi connectivity index (χ0) is 19.1. The predicted molar refractivity (Wildman–Crippen MR) is 99.5 cm³/mol. The summed E-state index contributed by atoms with van der Waals surface area (Å²) in [6.07, 6.45) is 7.87. The summed E-state index contributed by atoms with van der Waals surface area (Å²) in [5.41, 5.74) is 0.758. The van der Waals surface area contributed by atoms with Crippen LogP contribution >= 0.6 is 0 Å². The molecule has 148 valence electrons. The number of ether oxygens (including phenoxy) is 2. The van der Waals surface area contributed by atoms with E-state index < -0.39 is 12.6 Å². The Balaban J connectivity index is 1.50. The molecule has 0 aromatic heterocycles. The van der Waals surface area contributed by atoms with Crippen molar-refractivity contribution in [2.45, 2.75) is 63.5 Å². The van der Waals surface area contributed by atoms with Crippen molar-refractivity contribution in [2.24, 2.45) is 0 Å². The number of carbonyl (C=O) groups is 2. The van der Waals surface area contributed by atoms with Crippen molar-refractivity contribution in [1.29, 1.82) is 0 Å². The summed E-state index contributed by atoms with van der Waals surface area (Å²) in [6, 6.07) is 4.49. The van der Waals surface area contributed by atoms with Crippen LogP contribution in [0.3, 0.4) is 0 Å². The minimum Gasteiger partial charge on any atom is -0.454 e. The van der Waals surface area contributed by atoms with Crippen molar-refractivity contribution in [1.82, 2.24) is 10.6 Å². The van der Waals surface area contributed by atoms with Gasteiger partial charge in [0.2, 0.25) is 18.6 Å². The first-order valence-electron chi connectivity index (χ1n) is 9.75. The Bertz CT molecular complexity index is 656. The zero-order valence-electron chi connectivity index (χ0n) is 15.5. The minimum absolute atomic E-state index is 0.101. The first-order chi connectivity index (χ1) is 13.2. The van der Waals surface area contributed by atoms with Crippen molar-refractivity contribution in [3.63, 3.8) is 0 Å². The molecule has 7 heteroatoms. The average Bonchev–Trinajstić information content (AvgIpc) is 3.09. The number of aliphatic hydroxyl groups is 1. The lowest BCUT2D eigenvalue weighted by Gasteiger charge is -2.24. The highest BCUT2D eigenvalue weighted by atomic mass is 16.7. The van der Waals surface area contributed by atoms with E-state index in [1.165, 1.54) is 19.3 Å². The van der Waals surface area contributed by atoms with Gasteiger partial charge in [-0.1, -0.05) is 38.2 Å². The summed E-state index contributed by atoms with van der Waals surface area (Å²) in [7, 11) is 0. The van der Waals surface area contributed by atoms with Crippen molar-refractivity contribution < 1.29 is 24.2 Å². The second-order valence-electron chi connectivity index (χ2n) is 7.22. The summed E-state index contributed by atoms with van der Waals surface area (Å²) in [5.74, 6) is 0.634. The molecule has 0 saturated heterocycles. The fraction of sp³-hybridized carbons (Fsp3) is 0.600. The molecule has 1 atom stereocenters. The van der Waals surface area contributed by atoms with Crippen LogP contribution in [0.1, 0.15) is 50.5 Å². The number of nitrogens with one attached hydrogen (secondary N) is 2. The molecule has 3 rings (SSSR count). The fourth-order valence-electron chi connectivity index (χ4n) is 3.58. The topological polar surface area (TPSA) is 96.9 Å². The second kappa shape index (κ2) is 9.60. The first-order valence-corrected chi connectivity index (χ1v) is 9.75. The molecule has 1 unspecified atom stereocenters. The smallest absolute Gasteiger partial charge is 0.245 e. The standard InChI is InChI=1S/C20H28N2O5/c23-12-16(20(25)21-15-6-4-2-1-3-5-7-15)22-19(24)11-14-8-9-17-18(10-14)27-13-26-17/h8-10,15-16,23H,1-7,11-13H2,(H,21,25)(H,22,24). The fourth-order valence-corrected chi connectivity index (χ4v) is 3.58.